The van der Waals surface area contributed by atoms with Crippen molar-refractivity contribution in [3.63, 3.8) is 0 Å². The Kier molecular flexibility index (Phi) is 22.8. The van der Waals surface area contributed by atoms with Crippen molar-refractivity contribution in [3.05, 3.63) is 0 Å². The number of amides is 5. The summed E-state index contributed by atoms with van der Waals surface area (Å²) in [5.41, 5.74) is 4.52. The number of hydrogen-bond acceptors (Lipinski definition) is 11. The monoisotopic (exact) mass is 661 g/mol. The first-order valence-electron chi connectivity index (χ1n) is 15.6. The van der Waals surface area contributed by atoms with Gasteiger partial charge in [-0.1, -0.05) is 13.8 Å². The molecule has 0 saturated carbocycles. The average molecular weight is 662 g/mol. The molecule has 0 bridgehead atoms. The van der Waals surface area contributed by atoms with Crippen LogP contribution < -0.4 is 27.0 Å². The summed E-state index contributed by atoms with van der Waals surface area (Å²) in [6.45, 7) is 9.91. The normalized spacial score (nSPS) is 12.5. The quantitative estimate of drug-likeness (QED) is 0.0541. The minimum atomic E-state index is -0.928. The third-order valence-corrected chi connectivity index (χ3v) is 6.24. The summed E-state index contributed by atoms with van der Waals surface area (Å²) in [6.07, 6.45) is 1.03. The molecule has 5 amide bonds. The molecule has 0 radical (unpaired) electrons. The van der Waals surface area contributed by atoms with Gasteiger partial charge in [0.05, 0.1) is 32.9 Å². The lowest BCUT2D eigenvalue weighted by Gasteiger charge is -2.23. The molecule has 2 unspecified atom stereocenters. The predicted octanol–water partition coefficient (Wildman–Crippen LogP) is 2.13. The Labute approximate surface area is 271 Å². The van der Waals surface area contributed by atoms with Gasteiger partial charge in [-0.05, 0) is 58.8 Å². The molecule has 0 aromatic heterocycles. The van der Waals surface area contributed by atoms with Crippen LogP contribution in [0.5, 0.6) is 0 Å². The highest BCUT2D eigenvalue weighted by Gasteiger charge is 2.30. The van der Waals surface area contributed by atoms with Gasteiger partial charge in [0.15, 0.2) is 11.6 Å². The minimum Gasteiger partial charge on any atom is -0.447 e. The van der Waals surface area contributed by atoms with Crippen LogP contribution in [0.2, 0.25) is 0 Å². The van der Waals surface area contributed by atoms with Crippen LogP contribution in [-0.2, 0) is 38.4 Å². The van der Waals surface area contributed by atoms with Crippen molar-refractivity contribution in [3.8, 4) is 0 Å². The number of carbonyl (C=O) groups excluding carboxylic acids is 6. The molecule has 0 aromatic carbocycles. The van der Waals surface area contributed by atoms with Crippen LogP contribution in [0, 0.1) is 11.8 Å². The van der Waals surface area contributed by atoms with Gasteiger partial charge in [0, 0.05) is 38.5 Å². The molecule has 0 spiro atoms. The van der Waals surface area contributed by atoms with Gasteiger partial charge < -0.3 is 41.2 Å². The predicted molar refractivity (Wildman–Crippen MR) is 168 cm³/mol. The van der Waals surface area contributed by atoms with E-state index in [1.54, 1.807) is 34.6 Å². The third kappa shape index (κ3) is 23.8. The molecule has 0 aromatic rings. The number of unbranched alkanes of at least 4 members (excludes halogenated alkanes) is 1. The standard InChI is InChI=1S/C30H55N5O11/c1-21(2)25(35-29(41)44-18-17-43-15-10-14-33-28(40)46-30(3,4)5)24(37)19-22(11-9-13-32-27(31)39)26(38)34-20-23(36)12-7-8-16-45-42-6/h21-22,25H,7-20H2,1-6H3,(H,33,40)(H,34,38)(H,35,41)(H3,31,32,39). The van der Waals surface area contributed by atoms with E-state index in [0.717, 1.165) is 0 Å². The molecule has 0 aliphatic rings. The number of nitrogens with one attached hydrogen (secondary N) is 4. The van der Waals surface area contributed by atoms with Gasteiger partial charge in [-0.2, -0.15) is 0 Å². The van der Waals surface area contributed by atoms with Gasteiger partial charge in [-0.15, -0.1) is 0 Å². The summed E-state index contributed by atoms with van der Waals surface area (Å²) in [6, 6.07) is -1.64. The fourth-order valence-electron chi connectivity index (χ4n) is 4.00. The van der Waals surface area contributed by atoms with Crippen molar-refractivity contribution in [2.45, 2.75) is 91.2 Å². The molecule has 0 aliphatic heterocycles. The maximum absolute atomic E-state index is 13.3. The Morgan fingerprint density at radius 3 is 2.13 bits per heavy atom. The van der Waals surface area contributed by atoms with E-state index < -0.39 is 41.7 Å². The first kappa shape index (κ1) is 42.5. The highest BCUT2D eigenvalue weighted by atomic mass is 17.2. The summed E-state index contributed by atoms with van der Waals surface area (Å²) < 4.78 is 15.7. The lowest BCUT2D eigenvalue weighted by atomic mass is 9.89. The molecule has 0 aliphatic carbocycles. The fourth-order valence-corrected chi connectivity index (χ4v) is 4.00. The van der Waals surface area contributed by atoms with Crippen molar-refractivity contribution in [2.24, 2.45) is 17.6 Å². The average Bonchev–Trinajstić information content (AvgIpc) is 2.96. The van der Waals surface area contributed by atoms with Crippen molar-refractivity contribution in [2.75, 3.05) is 53.2 Å². The Morgan fingerprint density at radius 2 is 1.50 bits per heavy atom. The van der Waals surface area contributed by atoms with E-state index in [1.165, 1.54) is 7.11 Å². The van der Waals surface area contributed by atoms with E-state index in [9.17, 15) is 28.8 Å². The Balaban J connectivity index is 4.77. The highest BCUT2D eigenvalue weighted by molar-refractivity contribution is 5.93. The number of alkyl carbamates (subject to hydrolysis) is 2. The Morgan fingerprint density at radius 1 is 0.804 bits per heavy atom. The summed E-state index contributed by atoms with van der Waals surface area (Å²) in [4.78, 5) is 82.7. The molecular weight excluding hydrogens is 606 g/mol. The lowest BCUT2D eigenvalue weighted by molar-refractivity contribution is -0.272. The van der Waals surface area contributed by atoms with Gasteiger partial charge in [0.25, 0.3) is 0 Å². The molecule has 0 rings (SSSR count). The van der Waals surface area contributed by atoms with E-state index in [-0.39, 0.29) is 63.1 Å². The number of primary amides is 1. The van der Waals surface area contributed by atoms with Crippen LogP contribution in [-0.4, -0.2) is 101 Å². The van der Waals surface area contributed by atoms with Gasteiger partial charge in [-0.3, -0.25) is 14.4 Å². The summed E-state index contributed by atoms with van der Waals surface area (Å²) in [7, 11) is 1.40. The van der Waals surface area contributed by atoms with Crippen molar-refractivity contribution < 1.29 is 52.8 Å². The van der Waals surface area contributed by atoms with Gasteiger partial charge in [-0.25, -0.2) is 24.2 Å². The van der Waals surface area contributed by atoms with Crippen LogP contribution >= 0.6 is 0 Å². The van der Waals surface area contributed by atoms with Crippen molar-refractivity contribution in [1.29, 1.82) is 0 Å². The number of ether oxygens (including phenoxy) is 3. The first-order chi connectivity index (χ1) is 21.7. The zero-order valence-electron chi connectivity index (χ0n) is 28.2. The Hall–Kier alpha value is -3.50. The molecule has 16 heteroatoms. The smallest absolute Gasteiger partial charge is 0.407 e. The van der Waals surface area contributed by atoms with Gasteiger partial charge >= 0.3 is 18.2 Å². The molecule has 46 heavy (non-hydrogen) atoms. The molecule has 16 nitrogen and oxygen atoms in total. The van der Waals surface area contributed by atoms with Crippen LogP contribution in [0.15, 0.2) is 0 Å². The number of nitrogens with two attached hydrogens (primary N) is 1. The zero-order valence-corrected chi connectivity index (χ0v) is 28.2. The molecular formula is C30H55N5O11. The van der Waals surface area contributed by atoms with Crippen molar-refractivity contribution >= 4 is 35.7 Å². The van der Waals surface area contributed by atoms with Crippen molar-refractivity contribution in [1.82, 2.24) is 21.3 Å². The number of carbonyl (C=O) groups is 6. The minimum absolute atomic E-state index is 0.0599. The maximum atomic E-state index is 13.3. The van der Waals surface area contributed by atoms with E-state index in [1.807, 2.05) is 0 Å². The summed E-state index contributed by atoms with van der Waals surface area (Å²) >= 11 is 0. The van der Waals surface area contributed by atoms with Gasteiger partial charge in [0.2, 0.25) is 5.91 Å². The molecule has 266 valence electrons. The summed E-state index contributed by atoms with van der Waals surface area (Å²) in [5, 5.41) is 10.2. The third-order valence-electron chi connectivity index (χ3n) is 6.24. The number of hydrogen-bond donors (Lipinski definition) is 5. The topological polar surface area (TPSA) is 223 Å². The van der Waals surface area contributed by atoms with E-state index in [2.05, 4.69) is 26.2 Å². The second-order valence-corrected chi connectivity index (χ2v) is 11.9. The highest BCUT2D eigenvalue weighted by Crippen LogP contribution is 2.16. The second-order valence-electron chi connectivity index (χ2n) is 11.9. The molecule has 2 atom stereocenters. The van der Waals surface area contributed by atoms with Gasteiger partial charge in [0.1, 0.15) is 12.2 Å². The number of Topliss-reactive ketones (excluding diaryl/α,β-unsaturated/α-hetero) is 2. The van der Waals surface area contributed by atoms with E-state index in [4.69, 9.17) is 24.8 Å². The molecule has 0 fully saturated rings. The zero-order chi connectivity index (χ0) is 35.0. The summed E-state index contributed by atoms with van der Waals surface area (Å²) in [5.74, 6) is -2.14. The SMILES string of the molecule is COOCCCCC(=O)CNC(=O)C(CCCNC(N)=O)CC(=O)C(NC(=O)OCCOCCCNC(=O)OC(C)(C)C)C(C)C. The van der Waals surface area contributed by atoms with E-state index in [0.29, 0.717) is 45.4 Å². The molecule has 0 heterocycles. The number of urea groups is 1. The Bertz CT molecular complexity index is 941. The fraction of sp³-hybridized carbons (Fsp3) is 0.800. The van der Waals surface area contributed by atoms with Crippen LogP contribution in [0.4, 0.5) is 14.4 Å². The number of ketones is 2. The second kappa shape index (κ2) is 24.7. The number of rotatable bonds is 25. The van der Waals surface area contributed by atoms with E-state index >= 15 is 0 Å². The lowest BCUT2D eigenvalue weighted by Crippen LogP contribution is -2.46. The molecule has 6 N–H and O–H groups in total. The van der Waals surface area contributed by atoms with Crippen LogP contribution in [0.3, 0.4) is 0 Å². The molecule has 0 saturated heterocycles. The maximum Gasteiger partial charge on any atom is 0.407 e. The van der Waals surface area contributed by atoms with Crippen LogP contribution in [0.1, 0.15) is 79.6 Å². The largest absolute Gasteiger partial charge is 0.447 e. The van der Waals surface area contributed by atoms with Crippen LogP contribution in [0.25, 0.3) is 0 Å². The first-order valence-corrected chi connectivity index (χ1v) is 15.6.